The van der Waals surface area contributed by atoms with E-state index in [-0.39, 0.29) is 24.2 Å². The summed E-state index contributed by atoms with van der Waals surface area (Å²) in [6.07, 6.45) is -9.31. The number of esters is 3. The zero-order chi connectivity index (χ0) is 52.7. The number of alkyl carbamates (subject to hydrolysis) is 1. The molecule has 3 aliphatic carbocycles. The summed E-state index contributed by atoms with van der Waals surface area (Å²) in [4.78, 5) is 80.5. The zero-order valence-electron chi connectivity index (χ0n) is 43.7. The summed E-state index contributed by atoms with van der Waals surface area (Å²) in [5.41, 5.74) is -6.72. The second-order valence-corrected chi connectivity index (χ2v) is 18.3. The molecule has 1 heterocycles. The minimum absolute atomic E-state index is 0.121. The van der Waals surface area contributed by atoms with Gasteiger partial charge in [0.1, 0.15) is 41.4 Å². The predicted molar refractivity (Wildman–Crippen MR) is 230 cm³/mol. The minimum atomic E-state index is -3.01. The first kappa shape index (κ1) is 41.7. The molecular weight excluding hydrogens is 831 g/mol. The number of amides is 1. The van der Waals surface area contributed by atoms with Gasteiger partial charge in [-0.2, -0.15) is 0 Å². The molecule has 0 radical (unpaired) electrons. The van der Waals surface area contributed by atoms with E-state index < -0.39 is 132 Å². The van der Waals surface area contributed by atoms with E-state index in [1.165, 1.54) is 21.1 Å². The van der Waals surface area contributed by atoms with Gasteiger partial charge in [-0.1, -0.05) is 62.4 Å². The predicted octanol–water partition coefficient (Wildman–Crippen LogP) is 5.16. The molecule has 3 fully saturated rings. The third kappa shape index (κ3) is 9.25. The van der Waals surface area contributed by atoms with Crippen LogP contribution >= 0.6 is 0 Å². The van der Waals surface area contributed by atoms with E-state index in [1.807, 2.05) is 0 Å². The van der Waals surface area contributed by atoms with Gasteiger partial charge in [0.25, 0.3) is 0 Å². The number of carbonyl (C=O) groups is 6. The van der Waals surface area contributed by atoms with Gasteiger partial charge >= 0.3 is 24.0 Å². The Bertz CT molecular complexity index is 2320. The van der Waals surface area contributed by atoms with Gasteiger partial charge in [-0.05, 0) is 77.2 Å². The van der Waals surface area contributed by atoms with Crippen molar-refractivity contribution >= 4 is 35.6 Å². The Balaban J connectivity index is 0.000000820. The topological polar surface area (TPSA) is 220 Å². The molecule has 2 aromatic rings. The van der Waals surface area contributed by atoms with Crippen LogP contribution in [0.15, 0.2) is 71.8 Å². The molecule has 16 heteroatoms. The van der Waals surface area contributed by atoms with E-state index >= 15 is 4.79 Å². The van der Waals surface area contributed by atoms with Crippen molar-refractivity contribution in [3.63, 3.8) is 0 Å². The number of hydrogen-bond acceptors (Lipinski definition) is 15. The molecule has 11 atom stereocenters. The lowest BCUT2D eigenvalue weighted by molar-refractivity contribution is -0.347. The standard InChI is InChI=1S/C45H57NO14.C3H6O/c1-24-28(57-39(51)33(48)32(26-17-13-11-14-18-26)46-40(52)60-41(3,4)5)22-45(53)37(58-38(50)27-19-15-12-16-20-27)35-43(8,36(49)34(55-10)31(24)42(45,6)7)29(54-9)21-30-44(35,23-56-30)59-25(2)47;1-3(2)4/h11-20,28-30,32-35,37,48,53H,21-23H2,1-10H3,(H,46,52);1-2H3/t28-,29-,30+,32-,33+,34+,35-,37-,43+,44-,45+;/m0./s1/i;1D3,2D3. The molecule has 16 nitrogen and oxygen atoms in total. The molecule has 3 N–H and O–H groups in total. The van der Waals surface area contributed by atoms with Gasteiger partial charge in [-0.3, -0.25) is 9.59 Å². The molecule has 0 aromatic heterocycles. The van der Waals surface area contributed by atoms with Crippen molar-refractivity contribution in [2.24, 2.45) is 16.7 Å². The number of nitrogens with one attached hydrogen (secondary N) is 1. The van der Waals surface area contributed by atoms with Crippen molar-refractivity contribution in [3.05, 3.63) is 82.9 Å². The Labute approximate surface area is 382 Å². The highest BCUT2D eigenvalue weighted by atomic mass is 16.6. The Kier molecular flexibility index (Phi) is 12.3. The largest absolute Gasteiger partial charge is 0.456 e. The average Bonchev–Trinajstić information content (AvgIpc) is 3.26. The van der Waals surface area contributed by atoms with Crippen LogP contribution in [0.4, 0.5) is 4.79 Å². The Morgan fingerprint density at radius 3 is 2.05 bits per heavy atom. The van der Waals surface area contributed by atoms with Gasteiger partial charge < -0.3 is 53.5 Å². The van der Waals surface area contributed by atoms with Crippen LogP contribution in [-0.4, -0.2) is 120 Å². The quantitative estimate of drug-likeness (QED) is 0.159. The van der Waals surface area contributed by atoms with Crippen LogP contribution in [0.3, 0.4) is 0 Å². The van der Waals surface area contributed by atoms with Crippen molar-refractivity contribution < 1.29 is 80.4 Å². The number of aliphatic hydroxyl groups is 2. The molecule has 2 aromatic carbocycles. The first-order valence-corrected chi connectivity index (χ1v) is 20.8. The number of hydrogen-bond donors (Lipinski definition) is 3. The number of rotatable bonds is 10. The molecule has 0 unspecified atom stereocenters. The lowest BCUT2D eigenvalue weighted by Gasteiger charge is -2.67. The summed E-state index contributed by atoms with van der Waals surface area (Å²) < 4.78 is 80.9. The molecule has 4 aliphatic rings. The number of carbonyl (C=O) groups excluding carboxylic acids is 6. The van der Waals surface area contributed by atoms with Crippen LogP contribution in [0.5, 0.6) is 0 Å². The summed E-state index contributed by atoms with van der Waals surface area (Å²) in [7, 11) is 2.78. The van der Waals surface area contributed by atoms with E-state index in [0.29, 0.717) is 11.1 Å². The van der Waals surface area contributed by atoms with E-state index in [9.17, 15) is 34.2 Å². The van der Waals surface area contributed by atoms with E-state index in [0.717, 1.165) is 0 Å². The van der Waals surface area contributed by atoms with Crippen molar-refractivity contribution in [2.75, 3.05) is 20.8 Å². The van der Waals surface area contributed by atoms with Gasteiger partial charge in [0.15, 0.2) is 17.5 Å². The number of ketones is 2. The maximum absolute atomic E-state index is 15.5. The highest BCUT2D eigenvalue weighted by Gasteiger charge is 2.78. The Morgan fingerprint density at radius 1 is 0.938 bits per heavy atom. The van der Waals surface area contributed by atoms with Crippen LogP contribution < -0.4 is 5.32 Å². The van der Waals surface area contributed by atoms with Gasteiger partial charge in [0, 0.05) is 47.6 Å². The number of ether oxygens (including phenoxy) is 7. The number of fused-ring (bicyclic) bond motifs is 5. The van der Waals surface area contributed by atoms with Crippen molar-refractivity contribution in [3.8, 4) is 0 Å². The van der Waals surface area contributed by atoms with Gasteiger partial charge in [0.2, 0.25) is 0 Å². The number of methoxy groups -OCH3 is 2. The lowest BCUT2D eigenvalue weighted by atomic mass is 9.44. The highest BCUT2D eigenvalue weighted by Crippen LogP contribution is 2.64. The van der Waals surface area contributed by atoms with Crippen molar-refractivity contribution in [2.45, 2.75) is 141 Å². The first-order valence-electron chi connectivity index (χ1n) is 23.8. The van der Waals surface area contributed by atoms with E-state index in [1.54, 1.807) is 109 Å². The number of Topliss-reactive ketones (excluding diaryl/α,β-unsaturated/α-hetero) is 2. The smallest absolute Gasteiger partial charge is 0.408 e. The molecule has 2 bridgehead atoms. The minimum Gasteiger partial charge on any atom is -0.456 e. The molecule has 1 amide bonds. The van der Waals surface area contributed by atoms with Gasteiger partial charge in [-0.15, -0.1) is 0 Å². The van der Waals surface area contributed by atoms with Crippen molar-refractivity contribution in [1.82, 2.24) is 5.32 Å². The second-order valence-electron chi connectivity index (χ2n) is 18.3. The molecule has 350 valence electrons. The summed E-state index contributed by atoms with van der Waals surface area (Å²) in [5.74, 6) is -6.20. The number of benzene rings is 2. The molecule has 1 saturated heterocycles. The molecule has 2 saturated carbocycles. The fraction of sp³-hybridized carbons (Fsp3) is 0.583. The SMILES string of the molecule is CO[C@H]1C(=O)[C@]2(C)[C@@H](OC)C[C@H]3OC[C@@]3(OC(C)=O)[C@H]2[C@H](OC(=O)c2ccccc2)[C@]2(O)C[C@H](OC(=O)[C@H](O)[C@@H](NC(=O)OC(C)(C)C)c3ccccc3)C(C)=C1C2(C)C.[2H]C([2H])([2H])C(=O)C([2H])([2H])[2H]. The third-order valence-electron chi connectivity index (χ3n) is 13.0. The molecule has 64 heavy (non-hydrogen) atoms. The number of aliphatic hydroxyl groups excluding tert-OH is 1. The second kappa shape index (κ2) is 18.8. The van der Waals surface area contributed by atoms with Crippen LogP contribution in [0, 0.1) is 16.7 Å². The maximum Gasteiger partial charge on any atom is 0.408 e. The summed E-state index contributed by atoms with van der Waals surface area (Å²) in [6, 6.07) is 15.1. The molecule has 1 aliphatic heterocycles. The van der Waals surface area contributed by atoms with Crippen LogP contribution in [0.1, 0.15) is 112 Å². The Morgan fingerprint density at radius 2 is 1.55 bits per heavy atom. The third-order valence-corrected chi connectivity index (χ3v) is 13.0. The fourth-order valence-corrected chi connectivity index (χ4v) is 10.1. The van der Waals surface area contributed by atoms with E-state index in [2.05, 4.69) is 5.32 Å². The van der Waals surface area contributed by atoms with E-state index in [4.69, 9.17) is 41.4 Å². The highest BCUT2D eigenvalue weighted by molar-refractivity contribution is 5.94. The van der Waals surface area contributed by atoms with Crippen molar-refractivity contribution in [1.29, 1.82) is 0 Å². The van der Waals surface area contributed by atoms with Crippen LogP contribution in [-0.2, 0) is 52.3 Å². The average molecular weight is 900 g/mol. The lowest BCUT2D eigenvalue weighted by Crippen LogP contribution is -2.82. The molecule has 0 spiro atoms. The Hall–Kier alpha value is -5.00. The van der Waals surface area contributed by atoms with Gasteiger partial charge in [0.05, 0.1) is 35.6 Å². The summed E-state index contributed by atoms with van der Waals surface area (Å²) in [5, 5.41) is 28.0. The fourth-order valence-electron chi connectivity index (χ4n) is 10.1. The zero-order valence-corrected chi connectivity index (χ0v) is 37.7. The monoisotopic (exact) mass is 899 g/mol. The maximum atomic E-state index is 15.5. The molecule has 6 rings (SSSR count). The first-order chi connectivity index (χ1) is 32.2. The van der Waals surface area contributed by atoms with Gasteiger partial charge in [-0.25, -0.2) is 14.4 Å². The van der Waals surface area contributed by atoms with Crippen LogP contribution in [0.2, 0.25) is 0 Å². The van der Waals surface area contributed by atoms with Crippen LogP contribution in [0.25, 0.3) is 0 Å². The normalized spacial score (nSPS) is 33.1. The summed E-state index contributed by atoms with van der Waals surface area (Å²) >= 11 is 0. The summed E-state index contributed by atoms with van der Waals surface area (Å²) in [6.45, 7) is 6.68. The molecular formula is C48H63NO15.